The number of hydrogen-bond donors (Lipinski definition) is 1. The Morgan fingerprint density at radius 2 is 1.77 bits per heavy atom. The van der Waals surface area contributed by atoms with Crippen LogP contribution in [-0.4, -0.2) is 66.4 Å². The van der Waals surface area contributed by atoms with Crippen molar-refractivity contribution in [3.05, 3.63) is 81.1 Å². The summed E-state index contributed by atoms with van der Waals surface area (Å²) >= 11 is 13.8. The van der Waals surface area contributed by atoms with Gasteiger partial charge in [0.25, 0.3) is 11.8 Å². The molecule has 1 aliphatic carbocycles. The number of thioether (sulfide) groups is 1. The number of aromatic nitrogens is 1. The Morgan fingerprint density at radius 1 is 1.04 bits per heavy atom. The van der Waals surface area contributed by atoms with Gasteiger partial charge in [-0.2, -0.15) is 13.1 Å². The predicted octanol–water partition coefficient (Wildman–Crippen LogP) is 5.25. The molecule has 248 valence electrons. The molecular weight excluding hydrogens is 703 g/mol. The molecule has 2 fully saturated rings. The lowest BCUT2D eigenvalue weighted by molar-refractivity contribution is -0.150. The Bertz CT molecular complexity index is 1840. The lowest BCUT2D eigenvalue weighted by atomic mass is 10.0. The number of sulfonamides is 1. The van der Waals surface area contributed by atoms with Gasteiger partial charge in [-0.25, -0.2) is 13.2 Å². The standard InChI is InChI=1S/C30H25Cl2F2N3O8S2/c31-21-12-35-13-22(32)20(21)11-24(16-3-6-23(45-30(33)34)25(9-16)43-14-15-1-2-15)44-29(40)28-37(7-8-46-28)47(41,42)17-4-5-18-19(10-17)27(39)36-26(18)38/h3-6,9-10,12-13,15,24,28,30H,1-2,7-8,11,14H2,(H,36,38,39)/t24-,28?/m0/s1. The van der Waals surface area contributed by atoms with Gasteiger partial charge < -0.3 is 14.2 Å². The van der Waals surface area contributed by atoms with Gasteiger partial charge in [-0.3, -0.25) is 19.9 Å². The Balaban J connectivity index is 1.30. The molecule has 2 aliphatic heterocycles. The number of imide groups is 1. The summed E-state index contributed by atoms with van der Waals surface area (Å²) in [6.45, 7) is -2.87. The summed E-state index contributed by atoms with van der Waals surface area (Å²) in [4.78, 5) is 41.6. The first-order valence-corrected chi connectivity index (χ1v) is 17.5. The average molecular weight is 729 g/mol. The van der Waals surface area contributed by atoms with E-state index in [1.165, 1.54) is 42.7 Å². The van der Waals surface area contributed by atoms with Crippen LogP contribution in [0.1, 0.15) is 50.8 Å². The van der Waals surface area contributed by atoms with Gasteiger partial charge in [0, 0.05) is 31.1 Å². The number of alkyl halides is 2. The number of fused-ring (bicyclic) bond motifs is 1. The second kappa shape index (κ2) is 13.5. The SMILES string of the molecule is O=C1NC(=O)c2cc(S(=O)(=O)N3CCSC3C(=O)O[C@@H](Cc3c(Cl)cncc3Cl)c3ccc(OC(F)F)c(OCC4CC4)c3)ccc21. The summed E-state index contributed by atoms with van der Waals surface area (Å²) in [6.07, 6.45) is 3.39. The average Bonchev–Trinajstić information content (AvgIpc) is 3.63. The number of nitrogens with one attached hydrogen (secondary N) is 1. The van der Waals surface area contributed by atoms with E-state index < -0.39 is 45.9 Å². The molecule has 1 unspecified atom stereocenters. The molecule has 1 N–H and O–H groups in total. The molecule has 11 nitrogen and oxygen atoms in total. The maximum absolute atomic E-state index is 13.8. The molecular formula is C30H25Cl2F2N3O8S2. The summed E-state index contributed by atoms with van der Waals surface area (Å²) in [5.41, 5.74) is 0.653. The van der Waals surface area contributed by atoms with Crippen LogP contribution in [0.4, 0.5) is 8.78 Å². The number of rotatable bonds is 12. The van der Waals surface area contributed by atoms with Crippen LogP contribution in [0, 0.1) is 5.92 Å². The van der Waals surface area contributed by atoms with E-state index in [9.17, 15) is 31.6 Å². The molecule has 2 amide bonds. The van der Waals surface area contributed by atoms with Crippen LogP contribution in [0.3, 0.4) is 0 Å². The molecule has 3 heterocycles. The fraction of sp³-hybridized carbons (Fsp3) is 0.333. The Hall–Kier alpha value is -3.50. The first-order valence-electron chi connectivity index (χ1n) is 14.3. The van der Waals surface area contributed by atoms with Gasteiger partial charge in [-0.15, -0.1) is 11.8 Å². The summed E-state index contributed by atoms with van der Waals surface area (Å²) in [7, 11) is -4.34. The van der Waals surface area contributed by atoms with Gasteiger partial charge in [0.15, 0.2) is 16.9 Å². The van der Waals surface area contributed by atoms with E-state index in [0.717, 1.165) is 35.0 Å². The number of esters is 1. The minimum Gasteiger partial charge on any atom is -0.489 e. The zero-order chi connectivity index (χ0) is 33.5. The summed E-state index contributed by atoms with van der Waals surface area (Å²) in [6, 6.07) is 7.65. The normalized spacial score (nSPS) is 18.6. The molecule has 17 heteroatoms. The van der Waals surface area contributed by atoms with Crippen molar-refractivity contribution in [2.24, 2.45) is 5.92 Å². The molecule has 3 aliphatic rings. The maximum Gasteiger partial charge on any atom is 0.387 e. The molecule has 0 bridgehead atoms. The largest absolute Gasteiger partial charge is 0.489 e. The zero-order valence-electron chi connectivity index (χ0n) is 24.2. The van der Waals surface area contributed by atoms with Crippen LogP contribution < -0.4 is 14.8 Å². The summed E-state index contributed by atoms with van der Waals surface area (Å²) in [5.74, 6) is -1.92. The molecule has 1 aromatic heterocycles. The number of carbonyl (C=O) groups excluding carboxylic acids is 3. The molecule has 1 saturated carbocycles. The molecule has 2 aromatic carbocycles. The molecule has 3 aromatic rings. The zero-order valence-corrected chi connectivity index (χ0v) is 27.3. The van der Waals surface area contributed by atoms with Gasteiger partial charge in [0.2, 0.25) is 10.0 Å². The van der Waals surface area contributed by atoms with E-state index >= 15 is 0 Å². The van der Waals surface area contributed by atoms with Gasteiger partial charge in [-0.05, 0) is 60.2 Å². The third kappa shape index (κ3) is 7.18. The molecule has 1 saturated heterocycles. The highest BCUT2D eigenvalue weighted by atomic mass is 35.5. The van der Waals surface area contributed by atoms with Crippen molar-refractivity contribution >= 4 is 62.8 Å². The van der Waals surface area contributed by atoms with Crippen molar-refractivity contribution in [2.75, 3.05) is 18.9 Å². The van der Waals surface area contributed by atoms with Crippen LogP contribution in [0.25, 0.3) is 0 Å². The minimum atomic E-state index is -4.34. The third-order valence-electron chi connectivity index (χ3n) is 7.69. The number of amides is 2. The topological polar surface area (TPSA) is 141 Å². The first-order chi connectivity index (χ1) is 22.4. The van der Waals surface area contributed by atoms with Crippen molar-refractivity contribution in [2.45, 2.75) is 42.2 Å². The third-order valence-corrected chi connectivity index (χ3v) is 11.5. The Kier molecular flexibility index (Phi) is 9.63. The molecule has 0 radical (unpaired) electrons. The number of ether oxygens (including phenoxy) is 3. The van der Waals surface area contributed by atoms with E-state index in [1.807, 2.05) is 0 Å². The number of benzene rings is 2. The van der Waals surface area contributed by atoms with E-state index in [2.05, 4.69) is 15.0 Å². The highest BCUT2D eigenvalue weighted by molar-refractivity contribution is 8.02. The highest BCUT2D eigenvalue weighted by Gasteiger charge is 2.43. The molecule has 0 spiro atoms. The van der Waals surface area contributed by atoms with Gasteiger partial charge >= 0.3 is 12.6 Å². The highest BCUT2D eigenvalue weighted by Crippen LogP contribution is 2.39. The number of hydrogen-bond acceptors (Lipinski definition) is 10. The quantitative estimate of drug-likeness (QED) is 0.194. The summed E-state index contributed by atoms with van der Waals surface area (Å²) in [5, 5.41) is 1.16. The van der Waals surface area contributed by atoms with Crippen LogP contribution in [0.5, 0.6) is 11.5 Å². The second-order valence-electron chi connectivity index (χ2n) is 10.9. The Labute approximate surface area is 281 Å². The van der Waals surface area contributed by atoms with Crippen molar-refractivity contribution in [1.29, 1.82) is 0 Å². The monoisotopic (exact) mass is 727 g/mol. The number of pyridine rings is 1. The van der Waals surface area contributed by atoms with Crippen molar-refractivity contribution in [1.82, 2.24) is 14.6 Å². The lowest BCUT2D eigenvalue weighted by Gasteiger charge is -2.26. The van der Waals surface area contributed by atoms with Crippen LogP contribution >= 0.6 is 35.0 Å². The fourth-order valence-electron chi connectivity index (χ4n) is 5.10. The number of carbonyl (C=O) groups is 3. The van der Waals surface area contributed by atoms with Crippen molar-refractivity contribution in [3.8, 4) is 11.5 Å². The number of nitrogens with zero attached hydrogens (tertiary/aromatic N) is 2. The lowest BCUT2D eigenvalue weighted by Crippen LogP contribution is -2.40. The van der Waals surface area contributed by atoms with Crippen LogP contribution in [-0.2, 0) is 26.0 Å². The summed E-state index contributed by atoms with van der Waals surface area (Å²) < 4.78 is 71.2. The van der Waals surface area contributed by atoms with Crippen LogP contribution in [0.15, 0.2) is 53.7 Å². The minimum absolute atomic E-state index is 0.0150. The molecule has 6 rings (SSSR count). The fourth-order valence-corrected chi connectivity index (χ4v) is 8.69. The maximum atomic E-state index is 13.8. The molecule has 2 atom stereocenters. The van der Waals surface area contributed by atoms with Crippen molar-refractivity contribution in [3.63, 3.8) is 0 Å². The van der Waals surface area contributed by atoms with E-state index in [0.29, 0.717) is 11.1 Å². The van der Waals surface area contributed by atoms with Gasteiger partial charge in [0.1, 0.15) is 6.10 Å². The van der Waals surface area contributed by atoms with Crippen molar-refractivity contribution < 1.29 is 45.8 Å². The predicted molar refractivity (Wildman–Crippen MR) is 166 cm³/mol. The van der Waals surface area contributed by atoms with E-state index in [1.54, 1.807) is 0 Å². The van der Waals surface area contributed by atoms with E-state index in [4.69, 9.17) is 32.7 Å². The van der Waals surface area contributed by atoms with Gasteiger partial charge in [0.05, 0.1) is 32.7 Å². The molecule has 47 heavy (non-hydrogen) atoms. The second-order valence-corrected chi connectivity index (χ2v) is 14.8. The number of halogens is 4. The first kappa shape index (κ1) is 33.4. The van der Waals surface area contributed by atoms with E-state index in [-0.39, 0.29) is 68.8 Å². The van der Waals surface area contributed by atoms with Crippen LogP contribution in [0.2, 0.25) is 10.0 Å². The van der Waals surface area contributed by atoms with Gasteiger partial charge in [-0.1, -0.05) is 29.3 Å². The Morgan fingerprint density at radius 3 is 2.47 bits per heavy atom. The smallest absolute Gasteiger partial charge is 0.387 e.